The fourth-order valence-electron chi connectivity index (χ4n) is 1.67. The van der Waals surface area contributed by atoms with Crippen molar-refractivity contribution in [1.29, 1.82) is 0 Å². The fourth-order valence-corrected chi connectivity index (χ4v) is 4.31. The summed E-state index contributed by atoms with van der Waals surface area (Å²) in [6.07, 6.45) is 4.80. The molecule has 0 aromatic carbocycles. The molecule has 1 fully saturated rings. The van der Waals surface area contributed by atoms with Crippen molar-refractivity contribution < 1.29 is 11.7 Å². The maximum atomic E-state index is 10.4. The monoisotopic (exact) mass is 246 g/mol. The third-order valence-corrected chi connectivity index (χ3v) is 7.64. The number of hydrogen-bond donors (Lipinski definition) is 0. The lowest BCUT2D eigenvalue weighted by Crippen LogP contribution is -2.33. The lowest BCUT2D eigenvalue weighted by Gasteiger charge is -2.34. The van der Waals surface area contributed by atoms with E-state index in [0.29, 0.717) is 0 Å². The summed E-state index contributed by atoms with van der Waals surface area (Å²) >= 11 is -4.67. The molecule has 0 nitrogen and oxygen atoms in total. The maximum absolute atomic E-state index is 10.4. The van der Waals surface area contributed by atoms with E-state index in [1.807, 2.05) is 0 Å². The fraction of sp³-hybridized carbons (Fsp3) is 1.00. The Bertz CT molecular complexity index is 162. The number of hydrogen-bond acceptors (Lipinski definition) is 0. The van der Waals surface area contributed by atoms with E-state index in [1.54, 1.807) is 6.04 Å². The van der Waals surface area contributed by atoms with Crippen LogP contribution in [0.15, 0.2) is 0 Å². The third-order valence-electron chi connectivity index (χ3n) is 3.04. The van der Waals surface area contributed by atoms with E-state index in [-0.39, 0.29) is 6.26 Å². The molecule has 0 amide bonds. The van der Waals surface area contributed by atoms with Gasteiger partial charge in [0.15, 0.2) is 0 Å². The molecule has 5 heteroatoms. The van der Waals surface area contributed by atoms with Crippen LogP contribution in [0.2, 0.25) is 24.7 Å². The van der Waals surface area contributed by atoms with Crippen LogP contribution in [0.4, 0.5) is 11.7 Å². The van der Waals surface area contributed by atoms with E-state index in [0.717, 1.165) is 5.54 Å². The molecule has 14 heavy (non-hydrogen) atoms. The van der Waals surface area contributed by atoms with Gasteiger partial charge < -0.3 is 0 Å². The molecule has 0 aliphatic carbocycles. The van der Waals surface area contributed by atoms with E-state index in [1.165, 1.54) is 19.3 Å². The van der Waals surface area contributed by atoms with Gasteiger partial charge in [0.2, 0.25) is 11.2 Å². The average molecular weight is 246 g/mol. The Labute approximate surface area is 88.5 Å². The van der Waals surface area contributed by atoms with Crippen molar-refractivity contribution in [2.24, 2.45) is 0 Å². The first-order valence-electron chi connectivity index (χ1n) is 5.00. The van der Waals surface area contributed by atoms with Gasteiger partial charge in [-0.25, -0.2) is 0 Å². The molecule has 1 saturated heterocycles. The van der Waals surface area contributed by atoms with Crippen molar-refractivity contribution in [2.45, 2.75) is 50.9 Å². The van der Waals surface area contributed by atoms with Crippen LogP contribution in [0.5, 0.6) is 0 Å². The Kier molecular flexibility index (Phi) is 5.58. The normalized spacial score (nSPS) is 27.5. The van der Waals surface area contributed by atoms with Gasteiger partial charge >= 0.3 is 0 Å². The Morgan fingerprint density at radius 3 is 1.79 bits per heavy atom. The summed E-state index contributed by atoms with van der Waals surface area (Å²) in [7, 11) is -0.694. The molecule has 1 rings (SSSR count). The van der Waals surface area contributed by atoms with Crippen LogP contribution in [0.1, 0.15) is 26.2 Å². The minimum absolute atomic E-state index is 0.271. The van der Waals surface area contributed by atoms with Gasteiger partial charge in [0, 0.05) is 6.26 Å². The molecule has 1 heterocycles. The Hall–Kier alpha value is 0.357. The summed E-state index contributed by atoms with van der Waals surface area (Å²) in [6, 6.07) is 1.58. The first-order valence-corrected chi connectivity index (χ1v) is 10.0. The highest BCUT2D eigenvalue weighted by molar-refractivity contribution is 8.20. The van der Waals surface area contributed by atoms with Gasteiger partial charge in [-0.3, -0.25) is 0 Å². The van der Waals surface area contributed by atoms with Gasteiger partial charge in [0.25, 0.3) is 0 Å². The summed E-state index contributed by atoms with van der Waals surface area (Å²) in [5.74, 6) is 0. The number of rotatable bonds is 0. The lowest BCUT2D eigenvalue weighted by atomic mass is 10.2. The molecule has 0 N–H and O–H groups in total. The smallest absolute Gasteiger partial charge is 0.125 e. The molecule has 0 bridgehead atoms. The van der Waals surface area contributed by atoms with Crippen LogP contribution in [-0.2, 0) is 0 Å². The van der Waals surface area contributed by atoms with Crippen LogP contribution in [0, 0.1) is 0 Å². The molecule has 1 aliphatic heterocycles. The quantitative estimate of drug-likeness (QED) is 0.506. The van der Waals surface area contributed by atoms with Crippen molar-refractivity contribution >= 4 is 19.3 Å². The highest BCUT2D eigenvalue weighted by atomic mass is 32.3. The summed E-state index contributed by atoms with van der Waals surface area (Å²) in [4.78, 5) is 0. The van der Waals surface area contributed by atoms with E-state index in [4.69, 9.17) is 0 Å². The Balaban J connectivity index is 0.000000292. The second kappa shape index (κ2) is 5.44. The van der Waals surface area contributed by atoms with Crippen LogP contribution in [0.3, 0.4) is 0 Å². The lowest BCUT2D eigenvalue weighted by molar-refractivity contribution is 0.635. The van der Waals surface area contributed by atoms with Crippen molar-refractivity contribution in [2.75, 3.05) is 6.26 Å². The minimum Gasteiger partial charge on any atom is -0.125 e. The van der Waals surface area contributed by atoms with Crippen molar-refractivity contribution in [3.8, 4) is 0 Å². The predicted molar refractivity (Wildman–Crippen MR) is 62.4 cm³/mol. The van der Waals surface area contributed by atoms with Gasteiger partial charge in [-0.2, -0.15) is 0 Å². The van der Waals surface area contributed by atoms with E-state index in [9.17, 15) is 11.7 Å². The van der Waals surface area contributed by atoms with E-state index >= 15 is 0 Å². The van der Waals surface area contributed by atoms with E-state index < -0.39 is 19.3 Å². The summed E-state index contributed by atoms with van der Waals surface area (Å²) in [6.45, 7) is 7.53. The van der Waals surface area contributed by atoms with Crippen LogP contribution in [0.25, 0.3) is 0 Å². The second-order valence-electron chi connectivity index (χ2n) is 4.77. The molecular formula is C9H21F3SSi. The van der Waals surface area contributed by atoms with Gasteiger partial charge in [0.1, 0.15) is 0 Å². The van der Waals surface area contributed by atoms with Crippen molar-refractivity contribution in [3.63, 3.8) is 0 Å². The van der Waals surface area contributed by atoms with E-state index in [2.05, 4.69) is 20.0 Å². The third kappa shape index (κ3) is 7.73. The van der Waals surface area contributed by atoms with Crippen molar-refractivity contribution in [1.82, 2.24) is 0 Å². The molecule has 0 saturated carbocycles. The topological polar surface area (TPSA) is 0 Å². The molecule has 0 aromatic rings. The average Bonchev–Trinajstić information content (AvgIpc) is 1.92. The molecule has 0 aromatic heterocycles. The molecule has 0 spiro atoms. The first-order chi connectivity index (χ1) is 6.13. The van der Waals surface area contributed by atoms with Crippen LogP contribution < -0.4 is 0 Å². The molecule has 1 aliphatic rings. The molecule has 1 unspecified atom stereocenters. The van der Waals surface area contributed by atoms with Crippen LogP contribution >= 0.6 is 11.2 Å². The highest BCUT2D eigenvalue weighted by Crippen LogP contribution is 2.48. The Morgan fingerprint density at radius 2 is 1.57 bits per heavy atom. The first kappa shape index (κ1) is 14.4. The molecule has 1 atom stereocenters. The maximum Gasteiger partial charge on any atom is 0.206 e. The van der Waals surface area contributed by atoms with Gasteiger partial charge in [-0.15, -0.1) is 11.7 Å². The molecule has 88 valence electrons. The second-order valence-corrected chi connectivity index (χ2v) is 11.5. The summed E-state index contributed by atoms with van der Waals surface area (Å²) < 4.78 is 31.3. The SMILES string of the molecule is CC1CCCC[Si]1(C)C.CS(F)(F)F. The molecular weight excluding hydrogens is 225 g/mol. The Morgan fingerprint density at radius 1 is 1.14 bits per heavy atom. The van der Waals surface area contributed by atoms with Gasteiger partial charge in [-0.05, 0) is 5.54 Å². The zero-order valence-electron chi connectivity index (χ0n) is 9.45. The number of halogens is 3. The highest BCUT2D eigenvalue weighted by Gasteiger charge is 2.30. The zero-order valence-corrected chi connectivity index (χ0v) is 11.3. The summed E-state index contributed by atoms with van der Waals surface area (Å²) in [5, 5.41) is 0. The zero-order chi connectivity index (χ0) is 11.4. The molecule has 0 radical (unpaired) electrons. The predicted octanol–water partition coefficient (Wildman–Crippen LogP) is 5.34. The minimum atomic E-state index is -4.67. The van der Waals surface area contributed by atoms with Gasteiger partial charge in [0.05, 0.1) is 8.07 Å². The van der Waals surface area contributed by atoms with Gasteiger partial charge in [-0.1, -0.05) is 45.3 Å². The van der Waals surface area contributed by atoms with Crippen molar-refractivity contribution in [3.05, 3.63) is 0 Å². The largest absolute Gasteiger partial charge is 0.206 e. The standard InChI is InChI=1S/C8H18Si.CH3F3S/c1-8-6-4-5-7-9(8,2)3;1-5(2,3)4/h8H,4-7H2,1-3H3;1H3. The summed E-state index contributed by atoms with van der Waals surface area (Å²) in [5.41, 5.74) is 1.09. The van der Waals surface area contributed by atoms with Crippen LogP contribution in [-0.4, -0.2) is 14.3 Å².